The summed E-state index contributed by atoms with van der Waals surface area (Å²) in [5.41, 5.74) is 4.28. The first-order valence-electron chi connectivity index (χ1n) is 9.00. The van der Waals surface area contributed by atoms with E-state index >= 15 is 0 Å². The summed E-state index contributed by atoms with van der Waals surface area (Å²) in [4.78, 5) is 2.64. The maximum absolute atomic E-state index is 9.31. The Morgan fingerprint density at radius 2 is 2.23 bits per heavy atom. The molecule has 0 saturated carbocycles. The van der Waals surface area contributed by atoms with Gasteiger partial charge in [0.05, 0.1) is 0 Å². The highest BCUT2D eigenvalue weighted by Gasteiger charge is 2.26. The first-order chi connectivity index (χ1) is 10.8. The summed E-state index contributed by atoms with van der Waals surface area (Å²) in [5, 5.41) is 12.8. The lowest BCUT2D eigenvalue weighted by Gasteiger charge is -2.40. The number of hydrogen-bond acceptors (Lipinski definition) is 3. The molecule has 2 aliphatic rings. The van der Waals surface area contributed by atoms with E-state index in [1.807, 2.05) is 0 Å². The first-order valence-corrected chi connectivity index (χ1v) is 9.00. The average Bonchev–Trinajstić information content (AvgIpc) is 2.55. The number of aliphatic hydroxyl groups excluding tert-OH is 1. The minimum absolute atomic E-state index is 0.318. The van der Waals surface area contributed by atoms with Crippen molar-refractivity contribution in [2.45, 2.75) is 64.0 Å². The zero-order valence-electron chi connectivity index (χ0n) is 13.9. The maximum atomic E-state index is 9.31. The van der Waals surface area contributed by atoms with Crippen LogP contribution in [0.1, 0.15) is 50.2 Å². The number of aliphatic hydroxyl groups is 1. The van der Waals surface area contributed by atoms with Gasteiger partial charge in [-0.25, -0.2) is 0 Å². The highest BCUT2D eigenvalue weighted by Crippen LogP contribution is 2.26. The quantitative estimate of drug-likeness (QED) is 0.876. The molecule has 1 fully saturated rings. The van der Waals surface area contributed by atoms with Crippen molar-refractivity contribution in [2.24, 2.45) is 0 Å². The summed E-state index contributed by atoms with van der Waals surface area (Å²) in [7, 11) is 0. The van der Waals surface area contributed by atoms with Gasteiger partial charge in [-0.05, 0) is 69.2 Å². The molecule has 22 heavy (non-hydrogen) atoms. The van der Waals surface area contributed by atoms with Gasteiger partial charge in [-0.1, -0.05) is 18.6 Å². The molecule has 2 aliphatic heterocycles. The number of hydrogen-bond donors (Lipinski definition) is 2. The molecule has 2 unspecified atom stereocenters. The third-order valence-electron chi connectivity index (χ3n) is 5.34. The van der Waals surface area contributed by atoms with Crippen LogP contribution in [0.2, 0.25) is 0 Å². The van der Waals surface area contributed by atoms with Crippen LogP contribution in [0, 0.1) is 0 Å². The fourth-order valence-electron chi connectivity index (χ4n) is 4.18. The number of piperidine rings is 1. The number of anilines is 1. The van der Waals surface area contributed by atoms with Gasteiger partial charge in [0, 0.05) is 30.9 Å². The van der Waals surface area contributed by atoms with Gasteiger partial charge in [-0.3, -0.25) is 4.90 Å². The molecule has 2 heterocycles. The maximum Gasteiger partial charge on any atom is 0.0445 e. The van der Waals surface area contributed by atoms with Crippen molar-refractivity contribution in [2.75, 3.05) is 25.0 Å². The largest absolute Gasteiger partial charge is 0.396 e. The van der Waals surface area contributed by atoms with Crippen LogP contribution in [0.15, 0.2) is 18.2 Å². The van der Waals surface area contributed by atoms with Gasteiger partial charge >= 0.3 is 0 Å². The van der Waals surface area contributed by atoms with Crippen LogP contribution in [0.5, 0.6) is 0 Å². The Morgan fingerprint density at radius 3 is 3.09 bits per heavy atom. The van der Waals surface area contributed by atoms with Crippen molar-refractivity contribution in [3.63, 3.8) is 0 Å². The van der Waals surface area contributed by atoms with Crippen LogP contribution < -0.4 is 5.32 Å². The Hall–Kier alpha value is -1.06. The summed E-state index contributed by atoms with van der Waals surface area (Å²) in [6, 6.07) is 8.10. The van der Waals surface area contributed by atoms with Crippen molar-refractivity contribution in [3.8, 4) is 0 Å². The van der Waals surface area contributed by atoms with E-state index in [1.54, 1.807) is 0 Å². The summed E-state index contributed by atoms with van der Waals surface area (Å²) < 4.78 is 0. The van der Waals surface area contributed by atoms with Crippen molar-refractivity contribution in [1.82, 2.24) is 4.90 Å². The molecule has 3 heteroatoms. The number of nitrogens with zero attached hydrogens (tertiary/aromatic N) is 1. The van der Waals surface area contributed by atoms with Gasteiger partial charge in [0.25, 0.3) is 0 Å². The van der Waals surface area contributed by atoms with Crippen molar-refractivity contribution in [1.29, 1.82) is 0 Å². The normalized spacial score (nSPS) is 23.6. The highest BCUT2D eigenvalue weighted by molar-refractivity contribution is 5.54. The predicted octanol–water partition coefficient (Wildman–Crippen LogP) is 3.21. The van der Waals surface area contributed by atoms with Crippen LogP contribution in [0.3, 0.4) is 0 Å². The van der Waals surface area contributed by atoms with Gasteiger partial charge in [-0.2, -0.15) is 0 Å². The van der Waals surface area contributed by atoms with Crippen molar-refractivity contribution >= 4 is 5.69 Å². The van der Waals surface area contributed by atoms with E-state index < -0.39 is 0 Å². The van der Waals surface area contributed by atoms with Crippen molar-refractivity contribution < 1.29 is 5.11 Å². The van der Waals surface area contributed by atoms with Crippen LogP contribution in [0.4, 0.5) is 5.69 Å². The molecule has 1 aromatic carbocycles. The molecule has 0 aromatic heterocycles. The summed E-state index contributed by atoms with van der Waals surface area (Å²) in [5.74, 6) is 0. The van der Waals surface area contributed by atoms with Crippen LogP contribution >= 0.6 is 0 Å². The minimum Gasteiger partial charge on any atom is -0.396 e. The molecule has 2 atom stereocenters. The molecular weight excluding hydrogens is 272 g/mol. The SMILES string of the molecule is CC(Cc1ccc2c(c1)CCCN2)N1CCCCC1CCO. The fraction of sp³-hybridized carbons (Fsp3) is 0.684. The third-order valence-corrected chi connectivity index (χ3v) is 5.34. The lowest BCUT2D eigenvalue weighted by atomic mass is 9.94. The van der Waals surface area contributed by atoms with Crippen LogP contribution in [0.25, 0.3) is 0 Å². The van der Waals surface area contributed by atoms with Gasteiger partial charge in [-0.15, -0.1) is 0 Å². The standard InChI is InChI=1S/C19H30N2O/c1-15(21-11-3-2-6-18(21)9-12-22)13-16-7-8-19-17(14-16)5-4-10-20-19/h7-8,14-15,18,20,22H,2-6,9-13H2,1H3. The topological polar surface area (TPSA) is 35.5 Å². The summed E-state index contributed by atoms with van der Waals surface area (Å²) in [6.07, 6.45) is 8.38. The molecule has 2 N–H and O–H groups in total. The van der Waals surface area contributed by atoms with Gasteiger partial charge in [0.2, 0.25) is 0 Å². The predicted molar refractivity (Wildman–Crippen MR) is 92.5 cm³/mol. The summed E-state index contributed by atoms with van der Waals surface area (Å²) in [6.45, 7) is 4.98. The number of nitrogens with one attached hydrogen (secondary N) is 1. The molecule has 3 rings (SSSR count). The van der Waals surface area contributed by atoms with Crippen LogP contribution in [-0.2, 0) is 12.8 Å². The number of benzene rings is 1. The number of aryl methyl sites for hydroxylation is 1. The average molecular weight is 302 g/mol. The zero-order valence-corrected chi connectivity index (χ0v) is 13.9. The third kappa shape index (κ3) is 3.64. The lowest BCUT2D eigenvalue weighted by Crippen LogP contribution is -2.46. The Kier molecular flexibility index (Phi) is 5.37. The molecule has 0 radical (unpaired) electrons. The molecule has 122 valence electrons. The molecule has 0 bridgehead atoms. The fourth-order valence-corrected chi connectivity index (χ4v) is 4.18. The minimum atomic E-state index is 0.318. The van der Waals surface area contributed by atoms with E-state index in [1.165, 1.54) is 55.5 Å². The first kappa shape index (κ1) is 15.8. The van der Waals surface area contributed by atoms with Gasteiger partial charge < -0.3 is 10.4 Å². The highest BCUT2D eigenvalue weighted by atomic mass is 16.3. The Morgan fingerprint density at radius 1 is 1.32 bits per heavy atom. The zero-order chi connectivity index (χ0) is 15.4. The second kappa shape index (κ2) is 7.47. The Balaban J connectivity index is 1.66. The summed E-state index contributed by atoms with van der Waals surface area (Å²) >= 11 is 0. The smallest absolute Gasteiger partial charge is 0.0445 e. The molecule has 0 amide bonds. The number of likely N-dealkylation sites (tertiary alicyclic amines) is 1. The second-order valence-electron chi connectivity index (χ2n) is 6.97. The molecule has 1 saturated heterocycles. The van der Waals surface area contributed by atoms with Gasteiger partial charge in [0.1, 0.15) is 0 Å². The molecular formula is C19H30N2O. The van der Waals surface area contributed by atoms with E-state index in [4.69, 9.17) is 0 Å². The van der Waals surface area contributed by atoms with E-state index in [9.17, 15) is 5.11 Å². The molecule has 0 spiro atoms. The monoisotopic (exact) mass is 302 g/mol. The Bertz CT molecular complexity index is 486. The molecule has 0 aliphatic carbocycles. The number of fused-ring (bicyclic) bond motifs is 1. The van der Waals surface area contributed by atoms with E-state index in [0.717, 1.165) is 19.4 Å². The molecule has 3 nitrogen and oxygen atoms in total. The Labute approximate surface area is 134 Å². The second-order valence-corrected chi connectivity index (χ2v) is 6.97. The van der Waals surface area contributed by atoms with Crippen molar-refractivity contribution in [3.05, 3.63) is 29.3 Å². The van der Waals surface area contributed by atoms with Gasteiger partial charge in [0.15, 0.2) is 0 Å². The van der Waals surface area contributed by atoms with E-state index in [-0.39, 0.29) is 0 Å². The van der Waals surface area contributed by atoms with Crippen LogP contribution in [-0.4, -0.2) is 41.8 Å². The molecule has 1 aromatic rings. The number of rotatable bonds is 5. The van der Waals surface area contributed by atoms with E-state index in [0.29, 0.717) is 18.7 Å². The van der Waals surface area contributed by atoms with E-state index in [2.05, 4.69) is 35.3 Å². The lowest BCUT2D eigenvalue weighted by molar-refractivity contribution is 0.0827.